The third-order valence-electron chi connectivity index (χ3n) is 3.26. The maximum Gasteiger partial charge on any atom is 0.274 e. The summed E-state index contributed by atoms with van der Waals surface area (Å²) in [6.45, 7) is 5.58. The molecule has 1 N–H and O–H groups in total. The van der Waals surface area contributed by atoms with E-state index in [0.29, 0.717) is 16.5 Å². The normalized spacial score (nSPS) is 10.4. The average molecular weight is 333 g/mol. The Balaban J connectivity index is 2.05. The molecule has 23 heavy (non-hydrogen) atoms. The first kappa shape index (κ1) is 17.2. The van der Waals surface area contributed by atoms with Crippen molar-refractivity contribution in [3.05, 3.63) is 47.4 Å². The van der Waals surface area contributed by atoms with E-state index in [-0.39, 0.29) is 5.91 Å². The molecule has 0 spiro atoms. The van der Waals surface area contributed by atoms with Gasteiger partial charge in [0, 0.05) is 23.8 Å². The molecule has 1 aromatic heterocycles. The zero-order chi connectivity index (χ0) is 16.7. The smallest absolute Gasteiger partial charge is 0.274 e. The third-order valence-corrected chi connectivity index (χ3v) is 3.51. The van der Waals surface area contributed by atoms with Gasteiger partial charge in [0.25, 0.3) is 5.91 Å². The van der Waals surface area contributed by atoms with Crippen LogP contribution in [0.25, 0.3) is 0 Å². The van der Waals surface area contributed by atoms with Gasteiger partial charge < -0.3 is 10.2 Å². The lowest BCUT2D eigenvalue weighted by Gasteiger charge is -2.20. The van der Waals surface area contributed by atoms with Crippen molar-refractivity contribution in [1.29, 1.82) is 0 Å². The number of nitrogens with one attached hydrogen (secondary N) is 1. The maximum atomic E-state index is 12.4. The summed E-state index contributed by atoms with van der Waals surface area (Å²) in [7, 11) is 0. The van der Waals surface area contributed by atoms with E-state index in [1.54, 1.807) is 18.3 Å². The summed E-state index contributed by atoms with van der Waals surface area (Å²) >= 11 is 5.85. The molecule has 0 unspecified atom stereocenters. The van der Waals surface area contributed by atoms with Crippen molar-refractivity contribution >= 4 is 29.0 Å². The van der Waals surface area contributed by atoms with Gasteiger partial charge in [0.2, 0.25) is 0 Å². The van der Waals surface area contributed by atoms with Gasteiger partial charge in [-0.1, -0.05) is 25.4 Å². The Morgan fingerprint density at radius 1 is 1.09 bits per heavy atom. The largest absolute Gasteiger partial charge is 0.339 e. The number of hydrogen-bond donors (Lipinski definition) is 1. The van der Waals surface area contributed by atoms with E-state index >= 15 is 0 Å². The van der Waals surface area contributed by atoms with E-state index in [9.17, 15) is 4.79 Å². The van der Waals surface area contributed by atoms with Crippen LogP contribution in [0.3, 0.4) is 0 Å². The molecular formula is C17H21ClN4O. The Kier molecular flexibility index (Phi) is 6.35. The molecule has 1 amide bonds. The van der Waals surface area contributed by atoms with Crippen LogP contribution in [0, 0.1) is 0 Å². The molecule has 122 valence electrons. The molecule has 0 radical (unpaired) electrons. The van der Waals surface area contributed by atoms with E-state index in [0.717, 1.165) is 31.6 Å². The number of carbonyl (C=O) groups excluding carboxylic acids is 1. The number of amides is 1. The van der Waals surface area contributed by atoms with E-state index in [4.69, 9.17) is 11.6 Å². The second-order valence-electron chi connectivity index (χ2n) is 5.21. The van der Waals surface area contributed by atoms with Crippen molar-refractivity contribution in [3.63, 3.8) is 0 Å². The molecule has 2 aromatic rings. The van der Waals surface area contributed by atoms with Crippen LogP contribution in [0.5, 0.6) is 0 Å². The van der Waals surface area contributed by atoms with E-state index in [1.807, 2.05) is 17.0 Å². The predicted molar refractivity (Wildman–Crippen MR) is 93.3 cm³/mol. The number of anilines is 2. The zero-order valence-electron chi connectivity index (χ0n) is 13.4. The van der Waals surface area contributed by atoms with Gasteiger partial charge in [-0.15, -0.1) is 0 Å². The number of carbonyl (C=O) groups is 1. The maximum absolute atomic E-state index is 12.4. The Bertz CT molecular complexity index is 622. The minimum Gasteiger partial charge on any atom is -0.339 e. The minimum absolute atomic E-state index is 0.0701. The monoisotopic (exact) mass is 332 g/mol. The fraction of sp³-hybridized carbons (Fsp3) is 0.353. The Labute approximate surface area is 141 Å². The lowest BCUT2D eigenvalue weighted by atomic mass is 10.3. The number of benzene rings is 1. The van der Waals surface area contributed by atoms with E-state index in [2.05, 4.69) is 29.1 Å². The van der Waals surface area contributed by atoms with Crippen LogP contribution in [0.2, 0.25) is 5.02 Å². The van der Waals surface area contributed by atoms with Crippen molar-refractivity contribution in [2.24, 2.45) is 0 Å². The summed E-state index contributed by atoms with van der Waals surface area (Å²) in [5.41, 5.74) is 1.23. The minimum atomic E-state index is -0.0701. The second-order valence-corrected chi connectivity index (χ2v) is 5.65. The van der Waals surface area contributed by atoms with Crippen molar-refractivity contribution in [1.82, 2.24) is 14.9 Å². The van der Waals surface area contributed by atoms with Crippen molar-refractivity contribution in [3.8, 4) is 0 Å². The summed E-state index contributed by atoms with van der Waals surface area (Å²) in [4.78, 5) is 22.7. The van der Waals surface area contributed by atoms with E-state index < -0.39 is 0 Å². The first-order chi connectivity index (χ1) is 11.1. The number of hydrogen-bond acceptors (Lipinski definition) is 4. The molecule has 5 nitrogen and oxygen atoms in total. The number of aromatic nitrogens is 2. The Hall–Kier alpha value is -2.14. The highest BCUT2D eigenvalue weighted by molar-refractivity contribution is 6.30. The summed E-state index contributed by atoms with van der Waals surface area (Å²) in [5, 5.41) is 3.80. The summed E-state index contributed by atoms with van der Waals surface area (Å²) < 4.78 is 0. The van der Waals surface area contributed by atoms with Crippen molar-refractivity contribution in [2.45, 2.75) is 26.7 Å². The Morgan fingerprint density at radius 3 is 2.26 bits per heavy atom. The van der Waals surface area contributed by atoms with Gasteiger partial charge in [0.1, 0.15) is 11.5 Å². The molecule has 0 aliphatic carbocycles. The standard InChI is InChI=1S/C17H21ClN4O/c1-3-9-22(10-4-2)17(23)15-11-20-16(12-19-15)21-14-7-5-13(18)6-8-14/h5-8,11-12H,3-4,9-10H2,1-2H3,(H,20,21). The van der Waals surface area contributed by atoms with Gasteiger partial charge in [0.15, 0.2) is 0 Å². The molecule has 0 bridgehead atoms. The number of halogens is 1. The van der Waals surface area contributed by atoms with Gasteiger partial charge in [0.05, 0.1) is 12.4 Å². The molecular weight excluding hydrogens is 312 g/mol. The summed E-state index contributed by atoms with van der Waals surface area (Å²) in [6.07, 6.45) is 4.93. The van der Waals surface area contributed by atoms with Gasteiger partial charge in [-0.25, -0.2) is 9.97 Å². The van der Waals surface area contributed by atoms with Crippen LogP contribution in [0.15, 0.2) is 36.7 Å². The quantitative estimate of drug-likeness (QED) is 0.828. The summed E-state index contributed by atoms with van der Waals surface area (Å²) in [5.74, 6) is 0.514. The van der Waals surface area contributed by atoms with Crippen LogP contribution < -0.4 is 5.32 Å². The topological polar surface area (TPSA) is 58.1 Å². The fourth-order valence-corrected chi connectivity index (χ4v) is 2.33. The first-order valence-electron chi connectivity index (χ1n) is 7.78. The first-order valence-corrected chi connectivity index (χ1v) is 8.15. The Morgan fingerprint density at radius 2 is 1.74 bits per heavy atom. The lowest BCUT2D eigenvalue weighted by Crippen LogP contribution is -2.33. The predicted octanol–water partition coefficient (Wildman–Crippen LogP) is 4.14. The van der Waals surface area contributed by atoms with Gasteiger partial charge in [-0.3, -0.25) is 4.79 Å². The van der Waals surface area contributed by atoms with Crippen LogP contribution in [0.1, 0.15) is 37.2 Å². The fourth-order valence-electron chi connectivity index (χ4n) is 2.20. The molecule has 0 fully saturated rings. The van der Waals surface area contributed by atoms with Crippen LogP contribution in [-0.4, -0.2) is 33.9 Å². The highest BCUT2D eigenvalue weighted by atomic mass is 35.5. The highest BCUT2D eigenvalue weighted by Crippen LogP contribution is 2.17. The third kappa shape index (κ3) is 4.93. The van der Waals surface area contributed by atoms with Crippen molar-refractivity contribution in [2.75, 3.05) is 18.4 Å². The number of nitrogens with zero attached hydrogens (tertiary/aromatic N) is 3. The SMILES string of the molecule is CCCN(CCC)C(=O)c1cnc(Nc2ccc(Cl)cc2)cn1. The summed E-state index contributed by atoms with van der Waals surface area (Å²) in [6, 6.07) is 7.30. The molecule has 1 heterocycles. The molecule has 2 rings (SSSR count). The molecule has 0 aliphatic rings. The van der Waals surface area contributed by atoms with Crippen molar-refractivity contribution < 1.29 is 4.79 Å². The molecule has 0 atom stereocenters. The van der Waals surface area contributed by atoms with Gasteiger partial charge in [-0.05, 0) is 37.1 Å². The van der Waals surface area contributed by atoms with Crippen LogP contribution in [0.4, 0.5) is 11.5 Å². The second kappa shape index (κ2) is 8.48. The lowest BCUT2D eigenvalue weighted by molar-refractivity contribution is 0.0749. The van der Waals surface area contributed by atoms with Gasteiger partial charge in [-0.2, -0.15) is 0 Å². The molecule has 6 heteroatoms. The van der Waals surface area contributed by atoms with E-state index in [1.165, 1.54) is 6.20 Å². The zero-order valence-corrected chi connectivity index (χ0v) is 14.2. The highest BCUT2D eigenvalue weighted by Gasteiger charge is 2.15. The molecule has 1 aromatic carbocycles. The van der Waals surface area contributed by atoms with Gasteiger partial charge >= 0.3 is 0 Å². The van der Waals surface area contributed by atoms with Crippen LogP contribution in [-0.2, 0) is 0 Å². The molecule has 0 saturated carbocycles. The van der Waals surface area contributed by atoms with Crippen LogP contribution >= 0.6 is 11.6 Å². The molecule has 0 saturated heterocycles. The number of rotatable bonds is 7. The molecule has 0 aliphatic heterocycles. The average Bonchev–Trinajstić information content (AvgIpc) is 2.57.